The Morgan fingerprint density at radius 2 is 1.92 bits per heavy atom. The van der Waals surface area contributed by atoms with Crippen LogP contribution in [0.5, 0.6) is 0 Å². The van der Waals surface area contributed by atoms with Crippen LogP contribution < -0.4 is 16.4 Å². The summed E-state index contributed by atoms with van der Waals surface area (Å²) in [4.78, 5) is 36.5. The van der Waals surface area contributed by atoms with Crippen molar-refractivity contribution in [2.75, 3.05) is 45.1 Å². The Balaban J connectivity index is 1.27. The molecule has 0 unspecified atom stereocenters. The molecule has 2 aromatic heterocycles. The zero-order valence-electron chi connectivity index (χ0n) is 23.4. The quantitative estimate of drug-likeness (QED) is 0.430. The molecule has 0 spiro atoms. The largest absolute Gasteiger partial charge is 0.343 e. The summed E-state index contributed by atoms with van der Waals surface area (Å²) in [5.74, 6) is 0.476. The Kier molecular flexibility index (Phi) is 7.94. The van der Waals surface area contributed by atoms with Gasteiger partial charge in [0.1, 0.15) is 4.83 Å². The van der Waals surface area contributed by atoms with Gasteiger partial charge in [-0.3, -0.25) is 4.79 Å². The second kappa shape index (κ2) is 11.2. The molecule has 39 heavy (non-hydrogen) atoms. The van der Waals surface area contributed by atoms with Crippen molar-refractivity contribution in [3.63, 3.8) is 0 Å². The van der Waals surface area contributed by atoms with Crippen molar-refractivity contribution in [2.24, 2.45) is 17.1 Å². The van der Waals surface area contributed by atoms with E-state index >= 15 is 0 Å². The number of likely N-dealkylation sites (N-methyl/N-ethyl adjacent to an activating group) is 1. The minimum atomic E-state index is -0.378. The monoisotopic (exact) mass is 548 g/mol. The lowest BCUT2D eigenvalue weighted by atomic mass is 9.71. The molecule has 5 rings (SSSR count). The highest BCUT2D eigenvalue weighted by atomic mass is 32.1. The molecule has 1 saturated heterocycles. The van der Waals surface area contributed by atoms with Gasteiger partial charge in [0.15, 0.2) is 0 Å². The summed E-state index contributed by atoms with van der Waals surface area (Å²) in [7, 11) is 2.06. The van der Waals surface area contributed by atoms with Gasteiger partial charge in [0.05, 0.1) is 10.9 Å². The predicted molar refractivity (Wildman–Crippen MR) is 158 cm³/mol. The van der Waals surface area contributed by atoms with Gasteiger partial charge in [-0.1, -0.05) is 32.9 Å². The number of aromatic nitrogens is 1. The molecule has 1 aliphatic carbocycles. The SMILES string of the molecule is CN1CCN(C(=O)Nc2cccc([C@@H](CN)NC(=O)c3cc4cc5c(nc4s3)CC[C@@H](C(C)(C)C)C5)c2)CC1. The van der Waals surface area contributed by atoms with Crippen LogP contribution in [0.25, 0.3) is 10.2 Å². The van der Waals surface area contributed by atoms with Crippen LogP contribution in [0, 0.1) is 11.3 Å². The Hall–Kier alpha value is -3.01. The van der Waals surface area contributed by atoms with Crippen LogP contribution in [0.1, 0.15) is 59.7 Å². The van der Waals surface area contributed by atoms with E-state index in [4.69, 9.17) is 10.7 Å². The van der Waals surface area contributed by atoms with E-state index in [1.807, 2.05) is 35.2 Å². The molecule has 3 amide bonds. The number of hydrogen-bond donors (Lipinski definition) is 3. The van der Waals surface area contributed by atoms with Crippen LogP contribution in [-0.2, 0) is 12.8 Å². The second-order valence-electron chi connectivity index (χ2n) is 12.0. The van der Waals surface area contributed by atoms with E-state index in [2.05, 4.69) is 49.4 Å². The fourth-order valence-corrected chi connectivity index (χ4v) is 6.46. The van der Waals surface area contributed by atoms with E-state index in [-0.39, 0.29) is 29.9 Å². The lowest BCUT2D eigenvalue weighted by Gasteiger charge is -2.34. The number of carbonyl (C=O) groups excluding carboxylic acids is 2. The topological polar surface area (TPSA) is 104 Å². The molecule has 1 aliphatic heterocycles. The molecular weight excluding hydrogens is 508 g/mol. The number of carbonyl (C=O) groups is 2. The molecular formula is C30H40N6O2S. The van der Waals surface area contributed by atoms with Crippen LogP contribution in [-0.4, -0.2) is 66.5 Å². The predicted octanol–water partition coefficient (Wildman–Crippen LogP) is 4.66. The zero-order valence-corrected chi connectivity index (χ0v) is 24.2. The van der Waals surface area contributed by atoms with Gasteiger partial charge < -0.3 is 26.2 Å². The number of nitrogens with two attached hydrogens (primary N) is 1. The number of pyridine rings is 1. The smallest absolute Gasteiger partial charge is 0.321 e. The summed E-state index contributed by atoms with van der Waals surface area (Å²) in [5.41, 5.74) is 10.4. The van der Waals surface area contributed by atoms with Crippen molar-refractivity contribution >= 4 is 39.2 Å². The van der Waals surface area contributed by atoms with Crippen molar-refractivity contribution in [3.05, 3.63) is 58.1 Å². The Morgan fingerprint density at radius 1 is 1.15 bits per heavy atom. The maximum Gasteiger partial charge on any atom is 0.321 e. The van der Waals surface area contributed by atoms with Crippen LogP contribution in [0.15, 0.2) is 36.4 Å². The molecule has 8 nitrogen and oxygen atoms in total. The molecule has 2 atom stereocenters. The third kappa shape index (κ3) is 6.26. The molecule has 0 saturated carbocycles. The van der Waals surface area contributed by atoms with Crippen LogP contribution >= 0.6 is 11.3 Å². The number of aryl methyl sites for hydroxylation is 1. The molecule has 1 aromatic carbocycles. The number of nitrogens with zero attached hydrogens (tertiary/aromatic N) is 3. The Bertz CT molecular complexity index is 1360. The highest BCUT2D eigenvalue weighted by Gasteiger charge is 2.30. The first-order valence-corrected chi connectivity index (χ1v) is 14.7. The van der Waals surface area contributed by atoms with Gasteiger partial charge in [0, 0.05) is 49.5 Å². The lowest BCUT2D eigenvalue weighted by molar-refractivity contribution is 0.0942. The van der Waals surface area contributed by atoms with Gasteiger partial charge in [-0.05, 0) is 73.0 Å². The first kappa shape index (κ1) is 27.6. The maximum atomic E-state index is 13.3. The average Bonchev–Trinajstić information content (AvgIpc) is 3.33. The van der Waals surface area contributed by atoms with E-state index in [0.717, 1.165) is 48.1 Å². The highest BCUT2D eigenvalue weighted by molar-refractivity contribution is 7.20. The summed E-state index contributed by atoms with van der Waals surface area (Å²) >= 11 is 1.43. The van der Waals surface area contributed by atoms with E-state index in [9.17, 15) is 9.59 Å². The fourth-order valence-electron chi connectivity index (χ4n) is 5.53. The molecule has 1 fully saturated rings. The van der Waals surface area contributed by atoms with Crippen molar-refractivity contribution in [2.45, 2.75) is 46.1 Å². The summed E-state index contributed by atoms with van der Waals surface area (Å²) in [6.07, 6.45) is 3.18. The number of amides is 3. The molecule has 0 bridgehead atoms. The Morgan fingerprint density at radius 3 is 2.64 bits per heavy atom. The first-order valence-electron chi connectivity index (χ1n) is 13.9. The molecule has 208 valence electrons. The first-order chi connectivity index (χ1) is 18.6. The van der Waals surface area contributed by atoms with Crippen LogP contribution in [0.4, 0.5) is 10.5 Å². The van der Waals surface area contributed by atoms with Crippen LogP contribution in [0.2, 0.25) is 0 Å². The minimum Gasteiger partial charge on any atom is -0.343 e. The average molecular weight is 549 g/mol. The van der Waals surface area contributed by atoms with E-state index in [1.165, 1.54) is 22.6 Å². The van der Waals surface area contributed by atoms with Crippen molar-refractivity contribution < 1.29 is 9.59 Å². The molecule has 2 aliphatic rings. The standard InChI is InChI=1S/C30H40N6O2S/c1-30(2,3)22-8-9-24-20(15-22)14-21-17-26(39-28(21)34-24)27(37)33-25(18-31)19-6-5-7-23(16-19)32-29(38)36-12-10-35(4)11-13-36/h5-7,14,16-17,22,25H,8-13,15,18,31H2,1-4H3,(H,32,38)(H,33,37)/t22-,25-/m1/s1. The van der Waals surface area contributed by atoms with Gasteiger partial charge in [0.2, 0.25) is 0 Å². The molecule has 3 heterocycles. The number of benzene rings is 1. The van der Waals surface area contributed by atoms with E-state index in [1.54, 1.807) is 0 Å². The number of thiophene rings is 1. The van der Waals surface area contributed by atoms with E-state index in [0.29, 0.717) is 29.6 Å². The van der Waals surface area contributed by atoms with Gasteiger partial charge in [-0.15, -0.1) is 11.3 Å². The third-order valence-corrected chi connectivity index (χ3v) is 9.24. The number of piperazine rings is 1. The Labute approximate surface area is 235 Å². The fraction of sp³-hybridized carbons (Fsp3) is 0.500. The van der Waals surface area contributed by atoms with Crippen molar-refractivity contribution in [3.8, 4) is 0 Å². The number of rotatable bonds is 5. The van der Waals surface area contributed by atoms with Gasteiger partial charge in [-0.25, -0.2) is 9.78 Å². The minimum absolute atomic E-state index is 0.108. The number of fused-ring (bicyclic) bond motifs is 2. The second-order valence-corrected chi connectivity index (χ2v) is 13.0. The van der Waals surface area contributed by atoms with Gasteiger partial charge in [0.25, 0.3) is 5.91 Å². The zero-order chi connectivity index (χ0) is 27.7. The third-order valence-electron chi connectivity index (χ3n) is 8.19. The number of anilines is 1. The van der Waals surface area contributed by atoms with Gasteiger partial charge >= 0.3 is 6.03 Å². The highest BCUT2D eigenvalue weighted by Crippen LogP contribution is 2.38. The number of urea groups is 1. The van der Waals surface area contributed by atoms with Crippen molar-refractivity contribution in [1.29, 1.82) is 0 Å². The summed E-state index contributed by atoms with van der Waals surface area (Å²) in [6.45, 7) is 10.3. The lowest BCUT2D eigenvalue weighted by Crippen LogP contribution is -2.48. The number of nitrogens with one attached hydrogen (secondary N) is 2. The summed E-state index contributed by atoms with van der Waals surface area (Å²) in [6, 6.07) is 11.2. The number of hydrogen-bond acceptors (Lipinski definition) is 6. The molecule has 3 aromatic rings. The summed E-state index contributed by atoms with van der Waals surface area (Å²) in [5, 5.41) is 7.12. The maximum absolute atomic E-state index is 13.3. The molecule has 4 N–H and O–H groups in total. The normalized spacial score (nSPS) is 19.0. The van der Waals surface area contributed by atoms with Gasteiger partial charge in [-0.2, -0.15) is 0 Å². The van der Waals surface area contributed by atoms with Crippen LogP contribution in [0.3, 0.4) is 0 Å². The van der Waals surface area contributed by atoms with E-state index < -0.39 is 0 Å². The van der Waals surface area contributed by atoms with Crippen molar-refractivity contribution in [1.82, 2.24) is 20.1 Å². The molecule has 0 radical (unpaired) electrons. The summed E-state index contributed by atoms with van der Waals surface area (Å²) < 4.78 is 0. The molecule has 9 heteroatoms.